The number of hydrogen-bond acceptors (Lipinski definition) is 3. The number of hydrogen-bond donors (Lipinski definition) is 2. The van der Waals surface area contributed by atoms with Crippen molar-refractivity contribution in [2.24, 2.45) is 5.73 Å². The smallest absolute Gasteiger partial charge is 0.122 e. The summed E-state index contributed by atoms with van der Waals surface area (Å²) < 4.78 is 5.30. The Bertz CT molecular complexity index is 339. The predicted molar refractivity (Wildman–Crippen MR) is 65.7 cm³/mol. The molecule has 1 aromatic carbocycles. The minimum atomic E-state index is -0.453. The predicted octanol–water partition coefficient (Wildman–Crippen LogP) is 1.64. The van der Waals surface area contributed by atoms with Gasteiger partial charge in [-0.25, -0.2) is 0 Å². The molecule has 2 unspecified atom stereocenters. The van der Waals surface area contributed by atoms with Crippen LogP contribution in [0, 0.1) is 6.92 Å². The molecule has 0 saturated carbocycles. The van der Waals surface area contributed by atoms with Crippen LogP contribution in [-0.2, 0) is 6.42 Å². The first-order chi connectivity index (χ1) is 7.58. The fourth-order valence-electron chi connectivity index (χ4n) is 1.71. The number of ether oxygens (including phenoxy) is 1. The second-order valence-electron chi connectivity index (χ2n) is 4.16. The number of nitrogens with two attached hydrogens (primary N) is 1. The topological polar surface area (TPSA) is 55.5 Å². The summed E-state index contributed by atoms with van der Waals surface area (Å²) in [6.07, 6.45) is 0.861. The molecule has 1 rings (SSSR count). The van der Waals surface area contributed by atoms with Crippen molar-refractivity contribution in [2.45, 2.75) is 38.8 Å². The van der Waals surface area contributed by atoms with Crippen molar-refractivity contribution in [3.8, 4) is 5.75 Å². The summed E-state index contributed by atoms with van der Waals surface area (Å²) in [6.45, 7) is 3.95. The highest BCUT2D eigenvalue weighted by Crippen LogP contribution is 2.21. The van der Waals surface area contributed by atoms with Crippen molar-refractivity contribution >= 4 is 0 Å². The number of rotatable bonds is 5. The maximum absolute atomic E-state index is 9.64. The van der Waals surface area contributed by atoms with Gasteiger partial charge in [0, 0.05) is 6.04 Å². The van der Waals surface area contributed by atoms with Crippen LogP contribution < -0.4 is 10.5 Å². The second kappa shape index (κ2) is 5.87. The highest BCUT2D eigenvalue weighted by molar-refractivity contribution is 5.37. The molecule has 0 amide bonds. The zero-order chi connectivity index (χ0) is 12.1. The lowest BCUT2D eigenvalue weighted by Gasteiger charge is -2.18. The van der Waals surface area contributed by atoms with Gasteiger partial charge in [0.1, 0.15) is 5.75 Å². The number of aryl methyl sites for hydroxylation is 1. The Labute approximate surface area is 97.2 Å². The Kier molecular flexibility index (Phi) is 4.77. The molecule has 0 aliphatic carbocycles. The maximum atomic E-state index is 9.64. The second-order valence-corrected chi connectivity index (χ2v) is 4.16. The van der Waals surface area contributed by atoms with Crippen LogP contribution in [-0.4, -0.2) is 24.4 Å². The highest BCUT2D eigenvalue weighted by Gasteiger charge is 2.15. The van der Waals surface area contributed by atoms with Gasteiger partial charge in [-0.3, -0.25) is 0 Å². The van der Waals surface area contributed by atoms with Gasteiger partial charge in [-0.05, 0) is 37.0 Å². The van der Waals surface area contributed by atoms with Gasteiger partial charge in [0.2, 0.25) is 0 Å². The van der Waals surface area contributed by atoms with Crippen LogP contribution in [0.2, 0.25) is 0 Å². The molecule has 0 fully saturated rings. The van der Waals surface area contributed by atoms with E-state index in [4.69, 9.17) is 10.5 Å². The van der Waals surface area contributed by atoms with Crippen LogP contribution in [0.15, 0.2) is 18.2 Å². The molecule has 3 nitrogen and oxygen atoms in total. The van der Waals surface area contributed by atoms with Crippen molar-refractivity contribution in [1.29, 1.82) is 0 Å². The first-order valence-corrected chi connectivity index (χ1v) is 5.65. The molecule has 90 valence electrons. The third-order valence-corrected chi connectivity index (χ3v) is 2.81. The van der Waals surface area contributed by atoms with Crippen LogP contribution >= 0.6 is 0 Å². The number of aliphatic hydroxyl groups excluding tert-OH is 1. The first-order valence-electron chi connectivity index (χ1n) is 5.65. The quantitative estimate of drug-likeness (QED) is 0.798. The Balaban J connectivity index is 2.80. The summed E-state index contributed by atoms with van der Waals surface area (Å²) in [7, 11) is 1.65. The molecule has 3 N–H and O–H groups in total. The lowest BCUT2D eigenvalue weighted by Crippen LogP contribution is -2.36. The molecule has 0 aliphatic rings. The van der Waals surface area contributed by atoms with Crippen molar-refractivity contribution in [3.05, 3.63) is 29.3 Å². The van der Waals surface area contributed by atoms with E-state index in [9.17, 15) is 5.11 Å². The fraction of sp³-hybridized carbons (Fsp3) is 0.538. The average molecular weight is 223 g/mol. The van der Waals surface area contributed by atoms with Gasteiger partial charge in [0.25, 0.3) is 0 Å². The van der Waals surface area contributed by atoms with Gasteiger partial charge in [-0.2, -0.15) is 0 Å². The third kappa shape index (κ3) is 3.22. The molecule has 2 atom stereocenters. The van der Waals surface area contributed by atoms with Crippen LogP contribution in [0.5, 0.6) is 5.75 Å². The first kappa shape index (κ1) is 13.0. The van der Waals surface area contributed by atoms with E-state index in [1.54, 1.807) is 7.11 Å². The molecule has 16 heavy (non-hydrogen) atoms. The van der Waals surface area contributed by atoms with Crippen LogP contribution in [0.1, 0.15) is 24.5 Å². The van der Waals surface area contributed by atoms with Crippen molar-refractivity contribution in [3.63, 3.8) is 0 Å². The van der Waals surface area contributed by atoms with Crippen LogP contribution in [0.4, 0.5) is 0 Å². The SMILES string of the molecule is CCC(O)C(N)Cc1ccc(C)cc1OC. The van der Waals surface area contributed by atoms with E-state index in [1.165, 1.54) is 0 Å². The minimum Gasteiger partial charge on any atom is -0.496 e. The molecule has 0 heterocycles. The molecule has 3 heteroatoms. The van der Waals surface area contributed by atoms with Gasteiger partial charge in [0.05, 0.1) is 13.2 Å². The molecule has 0 bridgehead atoms. The van der Waals surface area contributed by atoms with Gasteiger partial charge in [-0.1, -0.05) is 19.1 Å². The molecule has 1 aromatic rings. The Morgan fingerprint density at radius 3 is 2.69 bits per heavy atom. The largest absolute Gasteiger partial charge is 0.496 e. The number of aliphatic hydroxyl groups is 1. The average Bonchev–Trinajstić information content (AvgIpc) is 2.30. The molecule has 0 spiro atoms. The maximum Gasteiger partial charge on any atom is 0.122 e. The molecule has 0 saturated heterocycles. The van der Waals surface area contributed by atoms with Crippen LogP contribution in [0.3, 0.4) is 0 Å². The summed E-state index contributed by atoms with van der Waals surface area (Å²) in [6, 6.07) is 5.79. The molecular weight excluding hydrogens is 202 g/mol. The van der Waals surface area contributed by atoms with E-state index >= 15 is 0 Å². The van der Waals surface area contributed by atoms with Crippen LogP contribution in [0.25, 0.3) is 0 Å². The fourth-order valence-corrected chi connectivity index (χ4v) is 1.71. The van der Waals surface area contributed by atoms with E-state index in [1.807, 2.05) is 32.0 Å². The van der Waals surface area contributed by atoms with Gasteiger partial charge in [0.15, 0.2) is 0 Å². The molecule has 0 aromatic heterocycles. The lowest BCUT2D eigenvalue weighted by atomic mass is 9.99. The van der Waals surface area contributed by atoms with Crippen molar-refractivity contribution in [1.82, 2.24) is 0 Å². The molecule has 0 aliphatic heterocycles. The molecule has 0 radical (unpaired) electrons. The number of methoxy groups -OCH3 is 1. The zero-order valence-corrected chi connectivity index (χ0v) is 10.2. The van der Waals surface area contributed by atoms with Crippen molar-refractivity contribution < 1.29 is 9.84 Å². The lowest BCUT2D eigenvalue weighted by molar-refractivity contribution is 0.139. The van der Waals surface area contributed by atoms with E-state index in [-0.39, 0.29) is 6.04 Å². The summed E-state index contributed by atoms with van der Waals surface area (Å²) in [4.78, 5) is 0. The summed E-state index contributed by atoms with van der Waals surface area (Å²) in [5.74, 6) is 0.846. The van der Waals surface area contributed by atoms with Gasteiger partial charge in [-0.15, -0.1) is 0 Å². The zero-order valence-electron chi connectivity index (χ0n) is 10.2. The minimum absolute atomic E-state index is 0.235. The summed E-state index contributed by atoms with van der Waals surface area (Å²) in [5, 5.41) is 9.64. The summed E-state index contributed by atoms with van der Waals surface area (Å²) in [5.41, 5.74) is 8.12. The van der Waals surface area contributed by atoms with Gasteiger partial charge < -0.3 is 15.6 Å². The summed E-state index contributed by atoms with van der Waals surface area (Å²) >= 11 is 0. The monoisotopic (exact) mass is 223 g/mol. The highest BCUT2D eigenvalue weighted by atomic mass is 16.5. The number of benzene rings is 1. The van der Waals surface area contributed by atoms with E-state index in [2.05, 4.69) is 0 Å². The Morgan fingerprint density at radius 1 is 1.44 bits per heavy atom. The third-order valence-electron chi connectivity index (χ3n) is 2.81. The van der Waals surface area contributed by atoms with E-state index in [0.29, 0.717) is 12.8 Å². The van der Waals surface area contributed by atoms with E-state index < -0.39 is 6.10 Å². The van der Waals surface area contributed by atoms with Gasteiger partial charge >= 0.3 is 0 Å². The standard InChI is InChI=1S/C13H21NO2/c1-4-12(15)11(14)8-10-6-5-9(2)7-13(10)16-3/h5-7,11-12,15H,4,8,14H2,1-3H3. The Hall–Kier alpha value is -1.06. The van der Waals surface area contributed by atoms with E-state index in [0.717, 1.165) is 16.9 Å². The Morgan fingerprint density at radius 2 is 2.12 bits per heavy atom. The normalized spacial score (nSPS) is 14.6. The molecular formula is C13H21NO2. The van der Waals surface area contributed by atoms with Crippen molar-refractivity contribution in [2.75, 3.05) is 7.11 Å².